The van der Waals surface area contributed by atoms with E-state index < -0.39 is 18.4 Å². The highest BCUT2D eigenvalue weighted by atomic mass is 16.8. The SMILES string of the molecule is C#CC1=C(C)[C@H](O)C[C@H](OC(=O)ON=C(C)C)C1. The molecule has 0 aliphatic heterocycles. The molecule has 0 unspecified atom stereocenters. The standard InChI is InChI=1S/C13H17NO4/c1-5-10-6-11(7-12(15)9(10)4)17-13(16)18-14-8(2)3/h1,11-12,15H,6-7H2,2-4H3/t11-,12-/m1/s1. The Labute approximate surface area is 106 Å². The molecule has 0 saturated heterocycles. The monoisotopic (exact) mass is 251 g/mol. The van der Waals surface area contributed by atoms with Crippen molar-refractivity contribution in [3.05, 3.63) is 11.1 Å². The smallest absolute Gasteiger partial charge is 0.429 e. The van der Waals surface area contributed by atoms with E-state index in [2.05, 4.69) is 15.9 Å². The second kappa shape index (κ2) is 6.22. The fraction of sp³-hybridized carbons (Fsp3) is 0.538. The zero-order valence-corrected chi connectivity index (χ0v) is 10.8. The molecule has 1 aliphatic rings. The molecule has 0 radical (unpaired) electrons. The highest BCUT2D eigenvalue weighted by Crippen LogP contribution is 2.27. The lowest BCUT2D eigenvalue weighted by Crippen LogP contribution is -2.29. The van der Waals surface area contributed by atoms with Gasteiger partial charge in [0.25, 0.3) is 0 Å². The third kappa shape index (κ3) is 3.90. The number of terminal acetylenes is 1. The zero-order valence-electron chi connectivity index (χ0n) is 10.8. The molecule has 0 aromatic heterocycles. The molecule has 5 nitrogen and oxygen atoms in total. The highest BCUT2D eigenvalue weighted by Gasteiger charge is 2.28. The molecule has 0 saturated carbocycles. The van der Waals surface area contributed by atoms with Gasteiger partial charge in [0.1, 0.15) is 6.10 Å². The Hall–Kier alpha value is -1.80. The largest absolute Gasteiger partial charge is 0.535 e. The van der Waals surface area contributed by atoms with E-state index in [-0.39, 0.29) is 0 Å². The van der Waals surface area contributed by atoms with Gasteiger partial charge in [-0.2, -0.15) is 0 Å². The van der Waals surface area contributed by atoms with Gasteiger partial charge in [-0.25, -0.2) is 4.79 Å². The summed E-state index contributed by atoms with van der Waals surface area (Å²) in [6.07, 6.45) is 4.03. The fourth-order valence-electron chi connectivity index (χ4n) is 1.65. The van der Waals surface area contributed by atoms with Gasteiger partial charge in [0.05, 0.1) is 11.8 Å². The van der Waals surface area contributed by atoms with E-state index in [0.29, 0.717) is 24.1 Å². The summed E-state index contributed by atoms with van der Waals surface area (Å²) >= 11 is 0. The molecule has 1 rings (SSSR count). The first-order valence-corrected chi connectivity index (χ1v) is 5.67. The van der Waals surface area contributed by atoms with Crippen LogP contribution in [0.25, 0.3) is 0 Å². The fourth-order valence-corrected chi connectivity index (χ4v) is 1.65. The number of aliphatic hydroxyl groups is 1. The lowest BCUT2D eigenvalue weighted by Gasteiger charge is -2.26. The first-order valence-electron chi connectivity index (χ1n) is 5.67. The summed E-state index contributed by atoms with van der Waals surface area (Å²) in [5.74, 6) is 2.50. The predicted octanol–water partition coefficient (Wildman–Crippen LogP) is 2.01. The zero-order chi connectivity index (χ0) is 13.7. The average Bonchev–Trinajstić information content (AvgIpc) is 2.31. The molecule has 1 N–H and O–H groups in total. The molecular formula is C13H17NO4. The van der Waals surface area contributed by atoms with E-state index in [1.165, 1.54) is 0 Å². The third-order valence-electron chi connectivity index (χ3n) is 2.63. The van der Waals surface area contributed by atoms with Gasteiger partial charge in [0.2, 0.25) is 0 Å². The Morgan fingerprint density at radius 1 is 1.56 bits per heavy atom. The lowest BCUT2D eigenvalue weighted by atomic mass is 9.89. The minimum atomic E-state index is -0.885. The highest BCUT2D eigenvalue weighted by molar-refractivity contribution is 5.79. The maximum Gasteiger partial charge on any atom is 0.535 e. The molecule has 1 aliphatic carbocycles. The van der Waals surface area contributed by atoms with Crippen molar-refractivity contribution in [1.82, 2.24) is 0 Å². The first kappa shape index (κ1) is 14.3. The molecule has 18 heavy (non-hydrogen) atoms. The molecule has 0 aromatic rings. The summed E-state index contributed by atoms with van der Waals surface area (Å²) in [6, 6.07) is 0. The number of oxime groups is 1. The van der Waals surface area contributed by atoms with Crippen molar-refractivity contribution in [2.24, 2.45) is 5.16 Å². The van der Waals surface area contributed by atoms with E-state index in [1.54, 1.807) is 20.8 Å². The van der Waals surface area contributed by atoms with Crippen LogP contribution in [-0.4, -0.2) is 29.2 Å². The molecule has 0 bridgehead atoms. The summed E-state index contributed by atoms with van der Waals surface area (Å²) < 4.78 is 5.03. The predicted molar refractivity (Wildman–Crippen MR) is 66.9 cm³/mol. The summed E-state index contributed by atoms with van der Waals surface area (Å²) in [7, 11) is 0. The molecule has 0 amide bonds. The number of ether oxygens (including phenoxy) is 1. The number of carbonyl (C=O) groups excluding carboxylic acids is 1. The summed E-state index contributed by atoms with van der Waals surface area (Å²) in [4.78, 5) is 15.8. The van der Waals surface area contributed by atoms with E-state index in [0.717, 1.165) is 5.57 Å². The van der Waals surface area contributed by atoms with Gasteiger partial charge in [0, 0.05) is 18.4 Å². The van der Waals surface area contributed by atoms with Crippen molar-refractivity contribution >= 4 is 11.9 Å². The van der Waals surface area contributed by atoms with Gasteiger partial charge >= 0.3 is 6.16 Å². The van der Waals surface area contributed by atoms with Crippen molar-refractivity contribution in [3.8, 4) is 12.3 Å². The first-order chi connectivity index (χ1) is 8.43. The molecule has 5 heteroatoms. The number of aliphatic hydroxyl groups excluding tert-OH is 1. The van der Waals surface area contributed by atoms with Crippen LogP contribution >= 0.6 is 0 Å². The Kier molecular flexibility index (Phi) is 4.93. The topological polar surface area (TPSA) is 68.1 Å². The maximum absolute atomic E-state index is 11.3. The van der Waals surface area contributed by atoms with E-state index >= 15 is 0 Å². The Morgan fingerprint density at radius 2 is 2.22 bits per heavy atom. The summed E-state index contributed by atoms with van der Waals surface area (Å²) in [6.45, 7) is 5.17. The van der Waals surface area contributed by atoms with E-state index in [9.17, 15) is 9.90 Å². The Morgan fingerprint density at radius 3 is 2.78 bits per heavy atom. The van der Waals surface area contributed by atoms with Crippen molar-refractivity contribution in [2.75, 3.05) is 0 Å². The summed E-state index contributed by atoms with van der Waals surface area (Å²) in [5.41, 5.74) is 2.03. The number of nitrogens with zero attached hydrogens (tertiary/aromatic N) is 1. The van der Waals surface area contributed by atoms with Gasteiger partial charge in [-0.15, -0.1) is 6.42 Å². The molecule has 0 heterocycles. The van der Waals surface area contributed by atoms with Crippen LogP contribution in [0.15, 0.2) is 16.3 Å². The summed E-state index contributed by atoms with van der Waals surface area (Å²) in [5, 5.41) is 13.3. The Balaban J connectivity index is 2.59. The lowest BCUT2D eigenvalue weighted by molar-refractivity contribution is 0.00597. The van der Waals surface area contributed by atoms with Crippen LogP contribution < -0.4 is 0 Å². The van der Waals surface area contributed by atoms with Crippen molar-refractivity contribution in [1.29, 1.82) is 0 Å². The van der Waals surface area contributed by atoms with Crippen LogP contribution in [-0.2, 0) is 9.57 Å². The molecular weight excluding hydrogens is 234 g/mol. The normalized spacial score (nSPS) is 23.1. The van der Waals surface area contributed by atoms with Gasteiger partial charge in [0.15, 0.2) is 0 Å². The van der Waals surface area contributed by atoms with Gasteiger partial charge in [-0.3, -0.25) is 4.84 Å². The molecule has 0 aromatic carbocycles. The average molecular weight is 251 g/mol. The van der Waals surface area contributed by atoms with Gasteiger partial charge in [-0.05, 0) is 26.3 Å². The minimum absolute atomic E-state index is 0.320. The second-order valence-corrected chi connectivity index (χ2v) is 4.38. The number of carbonyl (C=O) groups is 1. The molecule has 2 atom stereocenters. The molecule has 0 fully saturated rings. The molecule has 0 spiro atoms. The minimum Gasteiger partial charge on any atom is -0.429 e. The second-order valence-electron chi connectivity index (χ2n) is 4.38. The van der Waals surface area contributed by atoms with Crippen molar-refractivity contribution in [2.45, 2.75) is 45.8 Å². The van der Waals surface area contributed by atoms with Crippen LogP contribution in [0.2, 0.25) is 0 Å². The maximum atomic E-state index is 11.3. The van der Waals surface area contributed by atoms with Crippen LogP contribution in [0.5, 0.6) is 0 Å². The van der Waals surface area contributed by atoms with Gasteiger partial charge < -0.3 is 9.84 Å². The third-order valence-corrected chi connectivity index (χ3v) is 2.63. The van der Waals surface area contributed by atoms with Crippen LogP contribution in [0, 0.1) is 12.3 Å². The van der Waals surface area contributed by atoms with E-state index in [4.69, 9.17) is 11.2 Å². The number of hydrogen-bond acceptors (Lipinski definition) is 5. The van der Waals surface area contributed by atoms with Crippen molar-refractivity contribution in [3.63, 3.8) is 0 Å². The quantitative estimate of drug-likeness (QED) is 0.268. The molecule has 98 valence electrons. The Bertz CT molecular complexity index is 427. The van der Waals surface area contributed by atoms with Crippen LogP contribution in [0.4, 0.5) is 4.79 Å². The van der Waals surface area contributed by atoms with Crippen LogP contribution in [0.3, 0.4) is 0 Å². The van der Waals surface area contributed by atoms with Gasteiger partial charge in [-0.1, -0.05) is 11.1 Å². The van der Waals surface area contributed by atoms with E-state index in [1.807, 2.05) is 0 Å². The van der Waals surface area contributed by atoms with Crippen molar-refractivity contribution < 1.29 is 19.5 Å². The number of rotatable bonds is 2. The van der Waals surface area contributed by atoms with Crippen LogP contribution in [0.1, 0.15) is 33.6 Å². The number of hydrogen-bond donors (Lipinski definition) is 1.